The van der Waals surface area contributed by atoms with Gasteiger partial charge in [-0.25, -0.2) is 4.98 Å². The van der Waals surface area contributed by atoms with Gasteiger partial charge in [-0.15, -0.1) is 0 Å². The molecule has 0 saturated carbocycles. The molecule has 0 aliphatic heterocycles. The van der Waals surface area contributed by atoms with Crippen LogP contribution >= 0.6 is 0 Å². The third kappa shape index (κ3) is 5.67. The highest BCUT2D eigenvalue weighted by atomic mass is 16.5. The van der Waals surface area contributed by atoms with Gasteiger partial charge in [0.1, 0.15) is 12.3 Å². The minimum atomic E-state index is -0.282. The molecule has 0 radical (unpaired) electrons. The van der Waals surface area contributed by atoms with E-state index in [1.807, 2.05) is 51.1 Å². The molecule has 0 saturated heterocycles. The second-order valence-electron chi connectivity index (χ2n) is 7.49. The van der Waals surface area contributed by atoms with Crippen molar-refractivity contribution in [3.05, 3.63) is 70.6 Å². The number of ether oxygens (including phenoxy) is 1. The summed E-state index contributed by atoms with van der Waals surface area (Å²) in [5, 5.41) is 2.98. The van der Waals surface area contributed by atoms with Crippen LogP contribution in [0, 0.1) is 0 Å². The van der Waals surface area contributed by atoms with E-state index in [-0.39, 0.29) is 30.2 Å². The first kappa shape index (κ1) is 20.6. The lowest BCUT2D eigenvalue weighted by Crippen LogP contribution is -2.37. The van der Waals surface area contributed by atoms with Gasteiger partial charge in [0.15, 0.2) is 0 Å². The molecule has 0 bridgehead atoms. The van der Waals surface area contributed by atoms with E-state index in [1.165, 1.54) is 16.3 Å². The summed E-state index contributed by atoms with van der Waals surface area (Å²) in [6.45, 7) is 5.96. The average molecular weight is 393 g/mol. The Hall–Kier alpha value is -3.15. The average Bonchev–Trinajstić information content (AvgIpc) is 2.69. The van der Waals surface area contributed by atoms with Crippen molar-refractivity contribution in [1.29, 1.82) is 0 Å². The van der Waals surface area contributed by atoms with Gasteiger partial charge < -0.3 is 10.1 Å². The molecular formula is C23H27N3O3. The van der Waals surface area contributed by atoms with Gasteiger partial charge in [0.25, 0.3) is 5.56 Å². The van der Waals surface area contributed by atoms with E-state index in [2.05, 4.69) is 22.4 Å². The fourth-order valence-corrected chi connectivity index (χ4v) is 3.20. The lowest BCUT2D eigenvalue weighted by atomic mass is 10.1. The van der Waals surface area contributed by atoms with E-state index in [9.17, 15) is 9.59 Å². The third-order valence-electron chi connectivity index (χ3n) is 4.62. The Morgan fingerprint density at radius 2 is 1.83 bits per heavy atom. The van der Waals surface area contributed by atoms with E-state index in [1.54, 1.807) is 6.07 Å². The molecule has 1 amide bonds. The molecule has 1 aromatic heterocycles. The van der Waals surface area contributed by atoms with E-state index in [0.29, 0.717) is 11.0 Å². The van der Waals surface area contributed by atoms with Crippen molar-refractivity contribution in [2.24, 2.45) is 0 Å². The Kier molecular flexibility index (Phi) is 6.65. The minimum absolute atomic E-state index is 0.00195. The highest BCUT2D eigenvalue weighted by Crippen LogP contribution is 2.15. The van der Waals surface area contributed by atoms with Gasteiger partial charge in [-0.05, 0) is 63.4 Å². The van der Waals surface area contributed by atoms with Crippen molar-refractivity contribution in [3.63, 3.8) is 0 Å². The lowest BCUT2D eigenvalue weighted by molar-refractivity contribution is -0.122. The number of hydrogen-bond donors (Lipinski definition) is 1. The SMILES string of the molecule is CC(C)Oc1ccc(CC[C@H](C)NC(=O)Cn2c(=O)cnc3ccccc32)cc1. The van der Waals surface area contributed by atoms with Crippen molar-refractivity contribution in [3.8, 4) is 5.75 Å². The number of rotatable bonds is 8. The highest BCUT2D eigenvalue weighted by molar-refractivity contribution is 5.80. The first-order valence-electron chi connectivity index (χ1n) is 9.92. The zero-order valence-corrected chi connectivity index (χ0v) is 17.1. The number of hydrogen-bond acceptors (Lipinski definition) is 4. The van der Waals surface area contributed by atoms with Crippen molar-refractivity contribution >= 4 is 16.9 Å². The van der Waals surface area contributed by atoms with Crippen LogP contribution in [0.2, 0.25) is 0 Å². The first-order chi connectivity index (χ1) is 13.9. The van der Waals surface area contributed by atoms with E-state index in [0.717, 1.165) is 18.6 Å². The Morgan fingerprint density at radius 1 is 1.10 bits per heavy atom. The number of benzene rings is 2. The van der Waals surface area contributed by atoms with Gasteiger partial charge in [0.05, 0.1) is 23.3 Å². The van der Waals surface area contributed by atoms with Crippen LogP contribution in [0.3, 0.4) is 0 Å². The van der Waals surface area contributed by atoms with Crippen LogP contribution in [0.5, 0.6) is 5.75 Å². The predicted octanol–water partition coefficient (Wildman–Crippen LogP) is 3.32. The monoisotopic (exact) mass is 393 g/mol. The summed E-state index contributed by atoms with van der Waals surface area (Å²) in [5.41, 5.74) is 2.26. The van der Waals surface area contributed by atoms with Crippen LogP contribution in [-0.2, 0) is 17.8 Å². The normalized spacial score (nSPS) is 12.1. The van der Waals surface area contributed by atoms with Gasteiger partial charge in [-0.1, -0.05) is 24.3 Å². The Morgan fingerprint density at radius 3 is 2.55 bits per heavy atom. The van der Waals surface area contributed by atoms with Gasteiger partial charge in [-0.2, -0.15) is 0 Å². The Balaban J connectivity index is 1.55. The van der Waals surface area contributed by atoms with Crippen LogP contribution in [0.15, 0.2) is 59.5 Å². The molecule has 1 heterocycles. The highest BCUT2D eigenvalue weighted by Gasteiger charge is 2.11. The van der Waals surface area contributed by atoms with Crippen molar-refractivity contribution in [2.75, 3.05) is 0 Å². The Labute approximate surface area is 170 Å². The van der Waals surface area contributed by atoms with E-state index >= 15 is 0 Å². The number of fused-ring (bicyclic) bond motifs is 1. The van der Waals surface area contributed by atoms with Gasteiger partial charge in [-0.3, -0.25) is 14.2 Å². The van der Waals surface area contributed by atoms with Crippen LogP contribution in [0.1, 0.15) is 32.8 Å². The van der Waals surface area contributed by atoms with Crippen molar-refractivity contribution in [2.45, 2.75) is 52.3 Å². The number of nitrogens with one attached hydrogen (secondary N) is 1. The molecular weight excluding hydrogens is 366 g/mol. The zero-order chi connectivity index (χ0) is 20.8. The van der Waals surface area contributed by atoms with Gasteiger partial charge in [0.2, 0.25) is 5.91 Å². The first-order valence-corrected chi connectivity index (χ1v) is 9.92. The molecule has 6 nitrogen and oxygen atoms in total. The van der Waals surface area contributed by atoms with E-state index < -0.39 is 0 Å². The lowest BCUT2D eigenvalue weighted by Gasteiger charge is -2.16. The summed E-state index contributed by atoms with van der Waals surface area (Å²) < 4.78 is 7.11. The van der Waals surface area contributed by atoms with Crippen LogP contribution in [-0.4, -0.2) is 27.6 Å². The van der Waals surface area contributed by atoms with E-state index in [4.69, 9.17) is 4.74 Å². The maximum absolute atomic E-state index is 12.5. The number of amides is 1. The third-order valence-corrected chi connectivity index (χ3v) is 4.62. The Bertz CT molecular complexity index is 1030. The summed E-state index contributed by atoms with van der Waals surface area (Å²) in [6.07, 6.45) is 3.07. The van der Waals surface area contributed by atoms with Crippen LogP contribution in [0.25, 0.3) is 11.0 Å². The quantitative estimate of drug-likeness (QED) is 0.637. The van der Waals surface area contributed by atoms with Gasteiger partial charge in [0, 0.05) is 6.04 Å². The summed E-state index contributed by atoms with van der Waals surface area (Å²) in [5.74, 6) is 0.678. The zero-order valence-electron chi connectivity index (χ0n) is 17.1. The molecule has 6 heteroatoms. The second-order valence-corrected chi connectivity index (χ2v) is 7.49. The molecule has 3 aromatic rings. The minimum Gasteiger partial charge on any atom is -0.491 e. The molecule has 0 fully saturated rings. The molecule has 0 aliphatic rings. The summed E-state index contributed by atoms with van der Waals surface area (Å²) >= 11 is 0. The van der Waals surface area contributed by atoms with Crippen LogP contribution < -0.4 is 15.6 Å². The summed E-state index contributed by atoms with van der Waals surface area (Å²) in [4.78, 5) is 28.8. The number of para-hydroxylation sites is 2. The molecule has 29 heavy (non-hydrogen) atoms. The number of carbonyl (C=O) groups is 1. The van der Waals surface area contributed by atoms with Crippen molar-refractivity contribution < 1.29 is 9.53 Å². The number of aromatic nitrogens is 2. The molecule has 0 spiro atoms. The predicted molar refractivity (Wildman–Crippen MR) is 114 cm³/mol. The smallest absolute Gasteiger partial charge is 0.269 e. The molecule has 0 unspecified atom stereocenters. The summed E-state index contributed by atoms with van der Waals surface area (Å²) in [7, 11) is 0. The maximum atomic E-state index is 12.5. The summed E-state index contributed by atoms with van der Waals surface area (Å²) in [6, 6.07) is 15.4. The largest absolute Gasteiger partial charge is 0.491 e. The molecule has 1 N–H and O–H groups in total. The number of aryl methyl sites for hydroxylation is 1. The second kappa shape index (κ2) is 9.37. The molecule has 0 aliphatic carbocycles. The molecule has 3 rings (SSSR count). The standard InChI is InChI=1S/C23H27N3O3/c1-16(2)29-19-12-10-18(11-13-19)9-8-17(3)25-22(27)15-26-21-7-5-4-6-20(21)24-14-23(26)28/h4-7,10-14,16-17H,8-9,15H2,1-3H3,(H,25,27)/t17-/m0/s1. The number of nitrogens with zero attached hydrogens (tertiary/aromatic N) is 2. The van der Waals surface area contributed by atoms with Crippen LogP contribution in [0.4, 0.5) is 0 Å². The topological polar surface area (TPSA) is 73.2 Å². The molecule has 1 atom stereocenters. The fourth-order valence-electron chi connectivity index (χ4n) is 3.20. The molecule has 2 aromatic carbocycles. The van der Waals surface area contributed by atoms with Crippen molar-refractivity contribution in [1.82, 2.24) is 14.9 Å². The maximum Gasteiger partial charge on any atom is 0.269 e. The van der Waals surface area contributed by atoms with Gasteiger partial charge >= 0.3 is 0 Å². The molecule has 152 valence electrons. The fraction of sp³-hybridized carbons (Fsp3) is 0.348. The number of carbonyl (C=O) groups excluding carboxylic acids is 1.